The molecule has 0 radical (unpaired) electrons. The monoisotopic (exact) mass is 365 g/mol. The number of H-pyrrole nitrogens is 1. The molecule has 0 aliphatic carbocycles. The number of nitrogens with one attached hydrogen (secondary N) is 1. The number of aliphatic hydroxyl groups excluding tert-OH is 1. The fourth-order valence-corrected chi connectivity index (χ4v) is 2.99. The third kappa shape index (κ3) is 2.96. The third-order valence-corrected chi connectivity index (χ3v) is 4.27. The number of hydrogen-bond donors (Lipinski definition) is 3. The fourth-order valence-electron chi connectivity index (χ4n) is 2.99. The first kappa shape index (κ1) is 16.9. The number of aromatic amines is 1. The molecule has 136 valence electrons. The van der Waals surface area contributed by atoms with Gasteiger partial charge in [0.05, 0.1) is 29.6 Å². The SMILES string of the molecule is Nc1c(-c2nc3ccccc3c(=O)[nH]2)c(-c2ccc(F)cc2)nn1CCO. The summed E-state index contributed by atoms with van der Waals surface area (Å²) in [7, 11) is 0. The lowest BCUT2D eigenvalue weighted by atomic mass is 10.1. The smallest absolute Gasteiger partial charge is 0.259 e. The molecule has 0 fully saturated rings. The van der Waals surface area contributed by atoms with Crippen molar-refractivity contribution in [2.45, 2.75) is 6.54 Å². The molecule has 4 rings (SSSR count). The van der Waals surface area contributed by atoms with Crippen LogP contribution in [0.5, 0.6) is 0 Å². The summed E-state index contributed by atoms with van der Waals surface area (Å²) in [6.07, 6.45) is 0. The maximum Gasteiger partial charge on any atom is 0.259 e. The van der Waals surface area contributed by atoms with Gasteiger partial charge in [0.15, 0.2) is 0 Å². The van der Waals surface area contributed by atoms with Crippen molar-refractivity contribution in [1.82, 2.24) is 19.7 Å². The Hall–Kier alpha value is -3.52. The van der Waals surface area contributed by atoms with E-state index in [-0.39, 0.29) is 36.2 Å². The first-order valence-corrected chi connectivity index (χ1v) is 8.31. The molecule has 0 amide bonds. The van der Waals surface area contributed by atoms with Crippen molar-refractivity contribution in [2.24, 2.45) is 0 Å². The van der Waals surface area contributed by atoms with E-state index in [0.717, 1.165) is 0 Å². The van der Waals surface area contributed by atoms with Crippen molar-refractivity contribution in [3.8, 4) is 22.6 Å². The van der Waals surface area contributed by atoms with Gasteiger partial charge in [0, 0.05) is 5.56 Å². The van der Waals surface area contributed by atoms with Crippen molar-refractivity contribution in [3.05, 3.63) is 64.7 Å². The Morgan fingerprint density at radius 2 is 1.89 bits per heavy atom. The molecule has 0 aliphatic rings. The number of nitrogen functional groups attached to an aromatic ring is 1. The van der Waals surface area contributed by atoms with Crippen LogP contribution < -0.4 is 11.3 Å². The number of benzene rings is 2. The summed E-state index contributed by atoms with van der Waals surface area (Å²) in [5.74, 6) is 0.141. The molecule has 0 saturated heterocycles. The second kappa shape index (κ2) is 6.65. The van der Waals surface area contributed by atoms with Crippen molar-refractivity contribution in [1.29, 1.82) is 0 Å². The highest BCUT2D eigenvalue weighted by Gasteiger charge is 2.21. The normalized spacial score (nSPS) is 11.2. The Bertz CT molecular complexity index is 1180. The number of fused-ring (bicyclic) bond motifs is 1. The van der Waals surface area contributed by atoms with Crippen LogP contribution in [0.4, 0.5) is 10.2 Å². The predicted molar refractivity (Wildman–Crippen MR) is 100 cm³/mol. The summed E-state index contributed by atoms with van der Waals surface area (Å²) in [6, 6.07) is 12.7. The molecule has 0 atom stereocenters. The topological polar surface area (TPSA) is 110 Å². The van der Waals surface area contributed by atoms with Gasteiger partial charge in [-0.25, -0.2) is 14.1 Å². The zero-order valence-electron chi connectivity index (χ0n) is 14.2. The van der Waals surface area contributed by atoms with Crippen molar-refractivity contribution >= 4 is 16.7 Å². The molecule has 2 aromatic carbocycles. The number of para-hydroxylation sites is 1. The van der Waals surface area contributed by atoms with Crippen LogP contribution in [0.2, 0.25) is 0 Å². The number of aliphatic hydroxyl groups is 1. The maximum atomic E-state index is 13.3. The van der Waals surface area contributed by atoms with Crippen LogP contribution in [0.3, 0.4) is 0 Å². The van der Waals surface area contributed by atoms with E-state index in [1.165, 1.54) is 16.8 Å². The number of nitrogens with two attached hydrogens (primary N) is 1. The van der Waals surface area contributed by atoms with Gasteiger partial charge in [0.1, 0.15) is 23.2 Å². The number of hydrogen-bond acceptors (Lipinski definition) is 5. The molecule has 0 bridgehead atoms. The van der Waals surface area contributed by atoms with E-state index < -0.39 is 0 Å². The van der Waals surface area contributed by atoms with Crippen LogP contribution in [-0.4, -0.2) is 31.5 Å². The molecular weight excluding hydrogens is 349 g/mol. The van der Waals surface area contributed by atoms with E-state index in [0.29, 0.717) is 27.7 Å². The van der Waals surface area contributed by atoms with E-state index in [4.69, 9.17) is 5.73 Å². The minimum absolute atomic E-state index is 0.157. The Morgan fingerprint density at radius 1 is 1.15 bits per heavy atom. The van der Waals surface area contributed by atoms with E-state index in [1.807, 2.05) is 0 Å². The highest BCUT2D eigenvalue weighted by Crippen LogP contribution is 2.34. The molecule has 0 spiro atoms. The van der Waals surface area contributed by atoms with Gasteiger partial charge in [-0.3, -0.25) is 4.79 Å². The Balaban J connectivity index is 1.99. The second-order valence-electron chi connectivity index (χ2n) is 5.99. The molecule has 0 saturated carbocycles. The summed E-state index contributed by atoms with van der Waals surface area (Å²) < 4.78 is 14.7. The van der Waals surface area contributed by atoms with Crippen molar-refractivity contribution in [3.63, 3.8) is 0 Å². The molecule has 4 N–H and O–H groups in total. The van der Waals surface area contributed by atoms with Gasteiger partial charge < -0.3 is 15.8 Å². The lowest BCUT2D eigenvalue weighted by molar-refractivity contribution is 0.270. The van der Waals surface area contributed by atoms with Crippen molar-refractivity contribution in [2.75, 3.05) is 12.3 Å². The van der Waals surface area contributed by atoms with Gasteiger partial charge in [-0.1, -0.05) is 12.1 Å². The summed E-state index contributed by atoms with van der Waals surface area (Å²) in [5.41, 5.74) is 7.95. The number of nitrogens with zero attached hydrogens (tertiary/aromatic N) is 3. The summed E-state index contributed by atoms with van der Waals surface area (Å²) in [4.78, 5) is 19.7. The second-order valence-corrected chi connectivity index (χ2v) is 5.99. The van der Waals surface area contributed by atoms with Gasteiger partial charge in [-0.2, -0.15) is 5.10 Å². The number of anilines is 1. The molecule has 0 unspecified atom stereocenters. The fraction of sp³-hybridized carbons (Fsp3) is 0.105. The van der Waals surface area contributed by atoms with Crippen LogP contribution in [0, 0.1) is 5.82 Å². The number of aromatic nitrogens is 4. The third-order valence-electron chi connectivity index (χ3n) is 4.27. The highest BCUT2D eigenvalue weighted by molar-refractivity contribution is 5.87. The van der Waals surface area contributed by atoms with Gasteiger partial charge in [-0.05, 0) is 36.4 Å². The zero-order chi connectivity index (χ0) is 19.0. The first-order valence-electron chi connectivity index (χ1n) is 8.31. The summed E-state index contributed by atoms with van der Waals surface area (Å²) in [5, 5.41) is 14.2. The highest BCUT2D eigenvalue weighted by atomic mass is 19.1. The molecule has 4 aromatic rings. The lowest BCUT2D eigenvalue weighted by Gasteiger charge is -2.06. The number of halogens is 1. The Morgan fingerprint density at radius 3 is 2.63 bits per heavy atom. The van der Waals surface area contributed by atoms with Gasteiger partial charge in [0.2, 0.25) is 0 Å². The van der Waals surface area contributed by atoms with Gasteiger partial charge >= 0.3 is 0 Å². The van der Waals surface area contributed by atoms with Gasteiger partial charge in [0.25, 0.3) is 5.56 Å². The minimum atomic E-state index is -0.375. The molecule has 27 heavy (non-hydrogen) atoms. The average molecular weight is 365 g/mol. The van der Waals surface area contributed by atoms with E-state index in [2.05, 4.69) is 15.1 Å². The minimum Gasteiger partial charge on any atom is -0.394 e. The van der Waals surface area contributed by atoms with Crippen LogP contribution in [0.1, 0.15) is 0 Å². The summed E-state index contributed by atoms with van der Waals surface area (Å²) >= 11 is 0. The lowest BCUT2D eigenvalue weighted by Crippen LogP contribution is -2.11. The standard InChI is InChI=1S/C19H16FN5O2/c20-12-7-5-11(6-8-12)16-15(17(21)25(24-16)9-10-26)18-22-14-4-2-1-3-13(14)19(27)23-18/h1-8,26H,9-10,21H2,(H,22,23,27). The van der Waals surface area contributed by atoms with E-state index >= 15 is 0 Å². The average Bonchev–Trinajstić information content (AvgIpc) is 2.99. The van der Waals surface area contributed by atoms with E-state index in [1.54, 1.807) is 36.4 Å². The van der Waals surface area contributed by atoms with Crippen LogP contribution in [0.15, 0.2) is 53.3 Å². The zero-order valence-corrected chi connectivity index (χ0v) is 14.2. The van der Waals surface area contributed by atoms with Gasteiger partial charge in [-0.15, -0.1) is 0 Å². The maximum absolute atomic E-state index is 13.3. The molecule has 8 heteroatoms. The Labute approximate surface area is 152 Å². The largest absolute Gasteiger partial charge is 0.394 e. The molecular formula is C19H16FN5O2. The quantitative estimate of drug-likeness (QED) is 0.513. The van der Waals surface area contributed by atoms with Crippen LogP contribution in [-0.2, 0) is 6.54 Å². The van der Waals surface area contributed by atoms with Crippen molar-refractivity contribution < 1.29 is 9.50 Å². The molecule has 2 heterocycles. The Kier molecular flexibility index (Phi) is 4.17. The number of rotatable bonds is 4. The molecule has 7 nitrogen and oxygen atoms in total. The molecule has 2 aromatic heterocycles. The predicted octanol–water partition coefficient (Wildman–Crippen LogP) is 2.17. The molecule has 0 aliphatic heterocycles. The first-order chi connectivity index (χ1) is 13.1. The summed E-state index contributed by atoms with van der Waals surface area (Å²) in [6.45, 7) is 0.0215. The van der Waals surface area contributed by atoms with Crippen LogP contribution in [0.25, 0.3) is 33.5 Å². The van der Waals surface area contributed by atoms with E-state index in [9.17, 15) is 14.3 Å². The van der Waals surface area contributed by atoms with Crippen LogP contribution >= 0.6 is 0 Å².